The molecule has 0 aliphatic heterocycles. The molecule has 1 fully saturated rings. The van der Waals surface area contributed by atoms with Crippen molar-refractivity contribution in [3.63, 3.8) is 0 Å². The predicted molar refractivity (Wildman–Crippen MR) is 81.2 cm³/mol. The zero-order chi connectivity index (χ0) is 15.7. The van der Waals surface area contributed by atoms with E-state index in [-0.39, 0.29) is 10.4 Å². The van der Waals surface area contributed by atoms with Crippen LogP contribution in [-0.2, 0) is 10.0 Å². The Bertz CT molecular complexity index is 608. The molecule has 1 saturated carbocycles. The number of rotatable bonds is 5. The number of nitrogens with zero attached hydrogens (tertiary/aromatic N) is 1. The van der Waals surface area contributed by atoms with Crippen molar-refractivity contribution in [3.05, 3.63) is 29.6 Å². The Morgan fingerprint density at radius 2 is 1.90 bits per heavy atom. The number of hydrogen-bond donors (Lipinski definition) is 1. The molecule has 0 bridgehead atoms. The van der Waals surface area contributed by atoms with Crippen LogP contribution in [0.2, 0.25) is 0 Å². The van der Waals surface area contributed by atoms with Gasteiger partial charge in [-0.05, 0) is 51.6 Å². The fourth-order valence-electron chi connectivity index (χ4n) is 2.94. The molecule has 0 amide bonds. The summed E-state index contributed by atoms with van der Waals surface area (Å²) in [5.41, 5.74) is 0.563. The molecule has 0 saturated heterocycles. The topological polar surface area (TPSA) is 49.4 Å². The zero-order valence-corrected chi connectivity index (χ0v) is 13.6. The van der Waals surface area contributed by atoms with Gasteiger partial charge in [0, 0.05) is 12.1 Å². The molecule has 0 unspecified atom stereocenters. The molecule has 2 rings (SSSR count). The van der Waals surface area contributed by atoms with Crippen LogP contribution < -0.4 is 4.72 Å². The Labute approximate surface area is 126 Å². The molecule has 0 spiro atoms. The van der Waals surface area contributed by atoms with Gasteiger partial charge in [0.25, 0.3) is 0 Å². The number of aryl methyl sites for hydroxylation is 1. The number of likely N-dealkylation sites (N-methyl/N-ethyl adjacent to an activating group) is 1. The Hall–Kier alpha value is -0.980. The van der Waals surface area contributed by atoms with Crippen LogP contribution in [0.1, 0.15) is 31.2 Å². The van der Waals surface area contributed by atoms with Crippen molar-refractivity contribution < 1.29 is 12.8 Å². The van der Waals surface area contributed by atoms with Crippen molar-refractivity contribution in [2.45, 2.75) is 43.0 Å². The van der Waals surface area contributed by atoms with Crippen molar-refractivity contribution in [2.75, 3.05) is 20.6 Å². The van der Waals surface area contributed by atoms with E-state index in [1.807, 2.05) is 14.1 Å². The summed E-state index contributed by atoms with van der Waals surface area (Å²) in [4.78, 5) is 1.81. The van der Waals surface area contributed by atoms with Gasteiger partial charge in [-0.25, -0.2) is 17.5 Å². The van der Waals surface area contributed by atoms with Gasteiger partial charge < -0.3 is 4.90 Å². The molecule has 1 N–H and O–H groups in total. The van der Waals surface area contributed by atoms with E-state index >= 15 is 0 Å². The minimum atomic E-state index is -3.82. The summed E-state index contributed by atoms with van der Waals surface area (Å²) >= 11 is 0. The van der Waals surface area contributed by atoms with E-state index in [0.29, 0.717) is 6.54 Å². The molecule has 0 radical (unpaired) electrons. The predicted octanol–water partition coefficient (Wildman–Crippen LogP) is 2.29. The molecule has 118 valence electrons. The first kappa shape index (κ1) is 16.4. The van der Waals surface area contributed by atoms with Crippen LogP contribution in [0.25, 0.3) is 0 Å². The molecular weight excluding hydrogens is 291 g/mol. The lowest BCUT2D eigenvalue weighted by Gasteiger charge is -2.36. The fraction of sp³-hybridized carbons (Fsp3) is 0.600. The lowest BCUT2D eigenvalue weighted by atomic mass is 9.97. The summed E-state index contributed by atoms with van der Waals surface area (Å²) in [5, 5.41) is 0. The molecule has 1 aliphatic rings. The molecule has 1 aromatic carbocycles. The highest BCUT2D eigenvalue weighted by Gasteiger charge is 2.37. The Kier molecular flexibility index (Phi) is 4.70. The van der Waals surface area contributed by atoms with E-state index in [1.54, 1.807) is 13.0 Å². The summed E-state index contributed by atoms with van der Waals surface area (Å²) in [6.45, 7) is 2.06. The second-order valence-corrected chi connectivity index (χ2v) is 7.82. The molecule has 0 aromatic heterocycles. The summed E-state index contributed by atoms with van der Waals surface area (Å²) in [5.74, 6) is -0.710. The van der Waals surface area contributed by atoms with Crippen LogP contribution in [0.3, 0.4) is 0 Å². The van der Waals surface area contributed by atoms with Crippen molar-refractivity contribution >= 4 is 10.0 Å². The second kappa shape index (κ2) is 6.02. The standard InChI is InChI=1S/C15H23FN2O2S/c1-12-6-7-13(16)14(10-12)21(19,20)17-11-15(18(2)3)8-4-5-9-15/h6-7,10,17H,4-5,8-9,11H2,1-3H3. The lowest BCUT2D eigenvalue weighted by molar-refractivity contribution is 0.162. The summed E-state index contributed by atoms with van der Waals surface area (Å²) in [6, 6.07) is 4.13. The third-order valence-electron chi connectivity index (χ3n) is 4.45. The first-order chi connectivity index (χ1) is 9.77. The van der Waals surface area contributed by atoms with E-state index in [1.165, 1.54) is 12.1 Å². The number of nitrogens with one attached hydrogen (secondary N) is 1. The first-order valence-electron chi connectivity index (χ1n) is 7.20. The monoisotopic (exact) mass is 314 g/mol. The smallest absolute Gasteiger partial charge is 0.243 e. The molecule has 6 heteroatoms. The molecule has 1 aromatic rings. The highest BCUT2D eigenvalue weighted by atomic mass is 32.2. The van der Waals surface area contributed by atoms with Gasteiger partial charge in [-0.3, -0.25) is 0 Å². The van der Waals surface area contributed by atoms with Crippen LogP contribution in [-0.4, -0.2) is 39.5 Å². The van der Waals surface area contributed by atoms with Crippen molar-refractivity contribution in [1.29, 1.82) is 0 Å². The molecule has 1 aliphatic carbocycles. The van der Waals surface area contributed by atoms with Gasteiger partial charge in [-0.2, -0.15) is 0 Å². The average Bonchev–Trinajstić information content (AvgIpc) is 2.89. The number of halogens is 1. The zero-order valence-electron chi connectivity index (χ0n) is 12.8. The lowest BCUT2D eigenvalue weighted by Crippen LogP contribution is -2.50. The summed E-state index contributed by atoms with van der Waals surface area (Å²) in [7, 11) is 0.106. The quantitative estimate of drug-likeness (QED) is 0.907. The minimum Gasteiger partial charge on any atom is -0.302 e. The van der Waals surface area contributed by atoms with E-state index in [9.17, 15) is 12.8 Å². The van der Waals surface area contributed by atoms with E-state index in [2.05, 4.69) is 9.62 Å². The maximum atomic E-state index is 13.8. The van der Waals surface area contributed by atoms with E-state index in [0.717, 1.165) is 31.2 Å². The van der Waals surface area contributed by atoms with Crippen LogP contribution in [0, 0.1) is 12.7 Å². The Balaban J connectivity index is 2.20. The van der Waals surface area contributed by atoms with Crippen molar-refractivity contribution in [2.24, 2.45) is 0 Å². The van der Waals surface area contributed by atoms with Gasteiger partial charge in [0.15, 0.2) is 0 Å². The van der Waals surface area contributed by atoms with Gasteiger partial charge in [0.2, 0.25) is 10.0 Å². The van der Waals surface area contributed by atoms with E-state index in [4.69, 9.17) is 0 Å². The highest BCUT2D eigenvalue weighted by molar-refractivity contribution is 7.89. The van der Waals surface area contributed by atoms with Crippen LogP contribution >= 0.6 is 0 Å². The first-order valence-corrected chi connectivity index (χ1v) is 8.68. The van der Waals surface area contributed by atoms with Crippen molar-refractivity contribution in [1.82, 2.24) is 9.62 Å². The third kappa shape index (κ3) is 3.44. The average molecular weight is 314 g/mol. The van der Waals surface area contributed by atoms with Gasteiger partial charge in [-0.1, -0.05) is 18.9 Å². The van der Waals surface area contributed by atoms with Gasteiger partial charge in [0.05, 0.1) is 0 Å². The van der Waals surface area contributed by atoms with Gasteiger partial charge in [0.1, 0.15) is 10.7 Å². The molecule has 21 heavy (non-hydrogen) atoms. The fourth-order valence-corrected chi connectivity index (χ4v) is 4.22. The Morgan fingerprint density at radius 3 is 2.48 bits per heavy atom. The van der Waals surface area contributed by atoms with Crippen LogP contribution in [0.15, 0.2) is 23.1 Å². The Morgan fingerprint density at radius 1 is 1.29 bits per heavy atom. The van der Waals surface area contributed by atoms with Crippen molar-refractivity contribution in [3.8, 4) is 0 Å². The third-order valence-corrected chi connectivity index (χ3v) is 5.87. The summed E-state index contributed by atoms with van der Waals surface area (Å²) in [6.07, 6.45) is 4.11. The van der Waals surface area contributed by atoms with Crippen LogP contribution in [0.5, 0.6) is 0 Å². The van der Waals surface area contributed by atoms with E-state index < -0.39 is 15.8 Å². The van der Waals surface area contributed by atoms with Gasteiger partial charge in [-0.15, -0.1) is 0 Å². The minimum absolute atomic E-state index is 0.159. The maximum absolute atomic E-state index is 13.8. The van der Waals surface area contributed by atoms with Crippen LogP contribution in [0.4, 0.5) is 4.39 Å². The molecule has 0 heterocycles. The second-order valence-electron chi connectivity index (χ2n) is 6.08. The number of hydrogen-bond acceptors (Lipinski definition) is 3. The largest absolute Gasteiger partial charge is 0.302 e. The van der Waals surface area contributed by atoms with Gasteiger partial charge >= 0.3 is 0 Å². The SMILES string of the molecule is Cc1ccc(F)c(S(=O)(=O)NCC2(N(C)C)CCCC2)c1. The molecular formula is C15H23FN2O2S. The number of sulfonamides is 1. The summed E-state index contributed by atoms with van der Waals surface area (Å²) < 4.78 is 41.1. The normalized spacial score (nSPS) is 18.3. The molecule has 4 nitrogen and oxygen atoms in total. The maximum Gasteiger partial charge on any atom is 0.243 e. The molecule has 0 atom stereocenters. The highest BCUT2D eigenvalue weighted by Crippen LogP contribution is 2.33. The number of benzene rings is 1.